The van der Waals surface area contributed by atoms with Crippen LogP contribution in [0.15, 0.2) is 17.0 Å². The monoisotopic (exact) mass is 239 g/mol. The quantitative estimate of drug-likeness (QED) is 0.797. The van der Waals surface area contributed by atoms with Crippen molar-refractivity contribution in [2.24, 2.45) is 0 Å². The van der Waals surface area contributed by atoms with Crippen LogP contribution in [0.25, 0.3) is 0 Å². The molecule has 0 saturated heterocycles. The molecule has 1 rings (SSSR count). The third-order valence-electron chi connectivity index (χ3n) is 1.84. The van der Waals surface area contributed by atoms with Gasteiger partial charge in [-0.2, -0.15) is 0 Å². The van der Waals surface area contributed by atoms with E-state index in [0.717, 1.165) is 22.5 Å². The second kappa shape index (κ2) is 4.94. The zero-order valence-corrected chi connectivity index (χ0v) is 10.1. The number of anilines is 1. The number of carbonyl (C=O) groups excluding carboxylic acids is 1. The number of aryl methyl sites for hydroxylation is 1. The van der Waals surface area contributed by atoms with Crippen LogP contribution in [0.2, 0.25) is 0 Å². The second-order valence-corrected chi connectivity index (χ2v) is 4.52. The number of carbonyl (C=O) groups is 2. The van der Waals surface area contributed by atoms with Crippen molar-refractivity contribution in [2.45, 2.75) is 20.8 Å². The Morgan fingerprint density at radius 2 is 2.06 bits per heavy atom. The van der Waals surface area contributed by atoms with E-state index in [4.69, 9.17) is 5.11 Å². The minimum absolute atomic E-state index is 0.160. The summed E-state index contributed by atoms with van der Waals surface area (Å²) in [5.74, 6) is -1.32. The maximum absolute atomic E-state index is 11.5. The van der Waals surface area contributed by atoms with Gasteiger partial charge >= 0.3 is 5.97 Å². The van der Waals surface area contributed by atoms with Gasteiger partial charge in [0.25, 0.3) is 0 Å². The van der Waals surface area contributed by atoms with Crippen LogP contribution in [0.4, 0.5) is 5.69 Å². The van der Waals surface area contributed by atoms with Crippen LogP contribution in [-0.4, -0.2) is 17.0 Å². The molecule has 4 nitrogen and oxygen atoms in total. The molecule has 0 aliphatic carbocycles. The Morgan fingerprint density at radius 1 is 1.44 bits per heavy atom. The van der Waals surface area contributed by atoms with Crippen LogP contribution < -0.4 is 5.32 Å². The van der Waals surface area contributed by atoms with Gasteiger partial charge in [-0.05, 0) is 31.7 Å². The predicted molar refractivity (Wildman–Crippen MR) is 64.1 cm³/mol. The van der Waals surface area contributed by atoms with Gasteiger partial charge in [-0.25, -0.2) is 4.79 Å². The highest BCUT2D eigenvalue weighted by molar-refractivity contribution is 7.12. The summed E-state index contributed by atoms with van der Waals surface area (Å²) in [6, 6.07) is 0. The lowest BCUT2D eigenvalue weighted by molar-refractivity contribution is -0.111. The van der Waals surface area contributed by atoms with Gasteiger partial charge in [0.1, 0.15) is 4.88 Å². The third kappa shape index (κ3) is 2.93. The molecule has 0 aromatic carbocycles. The van der Waals surface area contributed by atoms with Gasteiger partial charge in [-0.15, -0.1) is 11.3 Å². The van der Waals surface area contributed by atoms with Gasteiger partial charge in [0.15, 0.2) is 0 Å². The standard InChI is InChI=1S/C11H13NO3S/c1-6(2)4-8(13)12-9-7(3)5-16-10(9)11(14)15/h4-5H,1-3H3,(H,12,13)(H,14,15). The lowest BCUT2D eigenvalue weighted by atomic mass is 10.2. The molecule has 0 atom stereocenters. The lowest BCUT2D eigenvalue weighted by Crippen LogP contribution is -2.11. The van der Waals surface area contributed by atoms with E-state index in [0.29, 0.717) is 5.69 Å². The molecular formula is C11H13NO3S. The molecule has 86 valence electrons. The summed E-state index contributed by atoms with van der Waals surface area (Å²) in [7, 11) is 0. The average Bonchev–Trinajstić information content (AvgIpc) is 2.46. The Hall–Kier alpha value is -1.62. The molecule has 0 radical (unpaired) electrons. The fourth-order valence-corrected chi connectivity index (χ4v) is 2.02. The van der Waals surface area contributed by atoms with E-state index < -0.39 is 5.97 Å². The molecule has 0 saturated carbocycles. The van der Waals surface area contributed by atoms with Gasteiger partial charge < -0.3 is 10.4 Å². The second-order valence-electron chi connectivity index (χ2n) is 3.64. The summed E-state index contributed by atoms with van der Waals surface area (Å²) in [6.45, 7) is 5.37. The van der Waals surface area contributed by atoms with Crippen LogP contribution in [0.1, 0.15) is 29.1 Å². The fourth-order valence-electron chi connectivity index (χ4n) is 1.18. The summed E-state index contributed by atoms with van der Waals surface area (Å²) in [5.41, 5.74) is 2.01. The van der Waals surface area contributed by atoms with Crippen LogP contribution in [0, 0.1) is 6.92 Å². The number of aromatic carboxylic acids is 1. The molecule has 1 aromatic rings. The molecule has 0 spiro atoms. The summed E-state index contributed by atoms with van der Waals surface area (Å²) >= 11 is 1.11. The van der Waals surface area contributed by atoms with Crippen molar-refractivity contribution in [3.05, 3.63) is 27.5 Å². The lowest BCUT2D eigenvalue weighted by Gasteiger charge is -2.03. The van der Waals surface area contributed by atoms with Crippen molar-refractivity contribution < 1.29 is 14.7 Å². The van der Waals surface area contributed by atoms with E-state index in [9.17, 15) is 9.59 Å². The van der Waals surface area contributed by atoms with E-state index in [1.807, 2.05) is 0 Å². The molecule has 1 aromatic heterocycles. The fraction of sp³-hybridized carbons (Fsp3) is 0.273. The topological polar surface area (TPSA) is 66.4 Å². The maximum atomic E-state index is 11.5. The Bertz CT molecular complexity index is 456. The summed E-state index contributed by atoms with van der Waals surface area (Å²) in [4.78, 5) is 22.5. The van der Waals surface area contributed by atoms with E-state index in [-0.39, 0.29) is 10.8 Å². The number of hydrogen-bond donors (Lipinski definition) is 2. The molecule has 0 aliphatic heterocycles. The third-order valence-corrected chi connectivity index (χ3v) is 2.92. The van der Waals surface area contributed by atoms with Crippen LogP contribution in [0.5, 0.6) is 0 Å². The van der Waals surface area contributed by atoms with E-state index in [1.54, 1.807) is 26.2 Å². The zero-order chi connectivity index (χ0) is 12.3. The molecule has 2 N–H and O–H groups in total. The van der Waals surface area contributed by atoms with Crippen molar-refractivity contribution in [3.8, 4) is 0 Å². The molecule has 0 fully saturated rings. The summed E-state index contributed by atoms with van der Waals surface area (Å²) in [6.07, 6.45) is 1.43. The van der Waals surface area contributed by atoms with E-state index in [2.05, 4.69) is 5.32 Å². The largest absolute Gasteiger partial charge is 0.477 e. The van der Waals surface area contributed by atoms with Crippen molar-refractivity contribution >= 4 is 28.9 Å². The molecule has 1 amide bonds. The molecule has 0 unspecified atom stereocenters. The smallest absolute Gasteiger partial charge is 0.348 e. The zero-order valence-electron chi connectivity index (χ0n) is 9.33. The van der Waals surface area contributed by atoms with Crippen LogP contribution in [-0.2, 0) is 4.79 Å². The number of hydrogen-bond acceptors (Lipinski definition) is 3. The number of thiophene rings is 1. The first-order valence-electron chi connectivity index (χ1n) is 4.69. The van der Waals surface area contributed by atoms with Gasteiger partial charge in [0, 0.05) is 6.08 Å². The number of nitrogens with one attached hydrogen (secondary N) is 1. The first-order chi connectivity index (χ1) is 7.41. The van der Waals surface area contributed by atoms with Gasteiger partial charge in [-0.1, -0.05) is 5.57 Å². The highest BCUT2D eigenvalue weighted by Gasteiger charge is 2.16. The van der Waals surface area contributed by atoms with Crippen molar-refractivity contribution in [1.29, 1.82) is 0 Å². The first-order valence-corrected chi connectivity index (χ1v) is 5.57. The minimum Gasteiger partial charge on any atom is -0.477 e. The Labute approximate surface area is 97.6 Å². The number of carboxylic acids is 1. The average molecular weight is 239 g/mol. The number of carboxylic acid groups (broad SMARTS) is 1. The summed E-state index contributed by atoms with van der Waals surface area (Å²) < 4.78 is 0. The number of rotatable bonds is 3. The molecule has 5 heteroatoms. The molecular weight excluding hydrogens is 226 g/mol. The van der Waals surface area contributed by atoms with Crippen molar-refractivity contribution in [3.63, 3.8) is 0 Å². The number of allylic oxidation sites excluding steroid dienone is 1. The normalized spacial score (nSPS) is 9.69. The number of amides is 1. The van der Waals surface area contributed by atoms with Crippen LogP contribution >= 0.6 is 11.3 Å². The summed E-state index contributed by atoms with van der Waals surface area (Å²) in [5, 5.41) is 13.2. The first kappa shape index (κ1) is 12.4. The van der Waals surface area contributed by atoms with Crippen molar-refractivity contribution in [1.82, 2.24) is 0 Å². The highest BCUT2D eigenvalue weighted by atomic mass is 32.1. The Morgan fingerprint density at radius 3 is 2.56 bits per heavy atom. The SMILES string of the molecule is CC(C)=CC(=O)Nc1c(C)csc1C(=O)O. The Kier molecular flexibility index (Phi) is 3.84. The highest BCUT2D eigenvalue weighted by Crippen LogP contribution is 2.27. The van der Waals surface area contributed by atoms with Gasteiger partial charge in [0.05, 0.1) is 5.69 Å². The predicted octanol–water partition coefficient (Wildman–Crippen LogP) is 2.66. The maximum Gasteiger partial charge on any atom is 0.348 e. The van der Waals surface area contributed by atoms with E-state index >= 15 is 0 Å². The molecule has 16 heavy (non-hydrogen) atoms. The minimum atomic E-state index is -1.02. The molecule has 1 heterocycles. The van der Waals surface area contributed by atoms with Crippen LogP contribution in [0.3, 0.4) is 0 Å². The van der Waals surface area contributed by atoms with Gasteiger partial charge in [-0.3, -0.25) is 4.79 Å². The van der Waals surface area contributed by atoms with Crippen molar-refractivity contribution in [2.75, 3.05) is 5.32 Å². The molecule has 0 bridgehead atoms. The Balaban J connectivity index is 2.97. The van der Waals surface area contributed by atoms with E-state index in [1.165, 1.54) is 6.08 Å². The van der Waals surface area contributed by atoms with Gasteiger partial charge in [0.2, 0.25) is 5.91 Å². The molecule has 0 aliphatic rings.